The number of carbonyl (C=O) groups excluding carboxylic acids is 2. The molecule has 0 heterocycles. The second-order valence-electron chi connectivity index (χ2n) is 5.14. The van der Waals surface area contributed by atoms with Crippen molar-refractivity contribution in [2.75, 3.05) is 11.8 Å². The number of carboxylic acid groups (broad SMARTS) is 2. The van der Waals surface area contributed by atoms with Gasteiger partial charge in [0.15, 0.2) is 0 Å². The summed E-state index contributed by atoms with van der Waals surface area (Å²) in [7, 11) is 0. The fourth-order valence-electron chi connectivity index (χ4n) is 2.52. The SMILES string of the molecule is C1CC[CH]([Pb+2][CH]2CCCC2)C1.O=C([O-])CCl.O=C([O-])CCl. The molecule has 2 aliphatic rings. The molecular weight excluding hydrogens is 510 g/mol. The molecule has 0 aromatic heterocycles. The van der Waals surface area contributed by atoms with E-state index in [1.54, 1.807) is 51.4 Å². The Morgan fingerprint density at radius 2 is 1.05 bits per heavy atom. The van der Waals surface area contributed by atoms with Crippen molar-refractivity contribution in [1.29, 1.82) is 0 Å². The van der Waals surface area contributed by atoms with Gasteiger partial charge in [-0.15, -0.1) is 23.2 Å². The molecule has 0 aromatic carbocycles. The number of hydrogen-bond acceptors (Lipinski definition) is 4. The first-order chi connectivity index (χ1) is 9.99. The van der Waals surface area contributed by atoms with Crippen LogP contribution in [0.3, 0.4) is 0 Å². The number of hydrogen-bond donors (Lipinski definition) is 0. The molecule has 0 atom stereocenters. The topological polar surface area (TPSA) is 80.3 Å². The number of aliphatic carboxylic acids is 2. The quantitative estimate of drug-likeness (QED) is 0.405. The van der Waals surface area contributed by atoms with Gasteiger partial charge in [-0.2, -0.15) is 0 Å². The molecule has 7 heteroatoms. The third-order valence-electron chi connectivity index (χ3n) is 3.40. The van der Waals surface area contributed by atoms with E-state index in [1.807, 2.05) is 0 Å². The monoisotopic (exact) mass is 532 g/mol. The summed E-state index contributed by atoms with van der Waals surface area (Å²) < 4.78 is 2.66. The van der Waals surface area contributed by atoms with E-state index in [1.165, 1.54) is 6.95 Å². The summed E-state index contributed by atoms with van der Waals surface area (Å²) in [5.41, 5.74) is 0. The van der Waals surface area contributed by atoms with E-state index in [0.29, 0.717) is 0 Å². The maximum Gasteiger partial charge on any atom is 0.0620 e. The van der Waals surface area contributed by atoms with Crippen LogP contribution in [0.5, 0.6) is 0 Å². The van der Waals surface area contributed by atoms with Crippen molar-refractivity contribution < 1.29 is 19.8 Å². The van der Waals surface area contributed by atoms with Crippen LogP contribution >= 0.6 is 23.2 Å². The van der Waals surface area contributed by atoms with Crippen LogP contribution in [-0.2, 0) is 9.59 Å². The predicted molar refractivity (Wildman–Crippen MR) is 81.6 cm³/mol. The Morgan fingerprint density at radius 1 is 0.810 bits per heavy atom. The molecule has 0 bridgehead atoms. The molecule has 0 saturated heterocycles. The van der Waals surface area contributed by atoms with Gasteiger partial charge in [-0.3, -0.25) is 0 Å². The Morgan fingerprint density at radius 3 is 1.24 bits per heavy atom. The van der Waals surface area contributed by atoms with Crippen molar-refractivity contribution in [2.24, 2.45) is 0 Å². The molecule has 2 saturated carbocycles. The first kappa shape index (κ1) is 21.4. The van der Waals surface area contributed by atoms with Crippen molar-refractivity contribution in [3.63, 3.8) is 0 Å². The first-order valence-corrected chi connectivity index (χ1v) is 12.8. The third kappa shape index (κ3) is 13.8. The van der Waals surface area contributed by atoms with Gasteiger partial charge in [0.05, 0.1) is 23.7 Å². The number of alkyl halides is 2. The number of carboxylic acids is 2. The minimum atomic E-state index is -1.23. The molecule has 0 N–H and O–H groups in total. The van der Waals surface area contributed by atoms with Crippen molar-refractivity contribution >= 4 is 59.4 Å². The standard InChI is InChI=1S/2C5H9.2C2H3ClO2.Pb/c2*1-2-4-5-3-1;2*3-1-2(4)5;/h2*1H,2-5H2;2*1H2,(H,4,5);/q;;;;+2/p-2. The molecular formula is C14H22Cl2O4Pb. The Kier molecular flexibility index (Phi) is 14.4. The minimum Gasteiger partial charge on any atom is -0.549 e. The first-order valence-electron chi connectivity index (χ1n) is 7.27. The average Bonchev–Trinajstić information content (AvgIpc) is 3.14. The van der Waals surface area contributed by atoms with Gasteiger partial charge in [-0.25, -0.2) is 0 Å². The zero-order valence-electron chi connectivity index (χ0n) is 12.1. The molecule has 2 rings (SSSR count). The van der Waals surface area contributed by atoms with Crippen molar-refractivity contribution in [3.8, 4) is 0 Å². The van der Waals surface area contributed by atoms with E-state index in [0.717, 1.165) is 0 Å². The molecule has 0 aliphatic heterocycles. The van der Waals surface area contributed by atoms with Crippen molar-refractivity contribution in [3.05, 3.63) is 0 Å². The van der Waals surface area contributed by atoms with Gasteiger partial charge in [0.1, 0.15) is 0 Å². The summed E-state index contributed by atoms with van der Waals surface area (Å²) in [6.07, 6.45) is 12.8. The van der Waals surface area contributed by atoms with Crippen molar-refractivity contribution in [1.82, 2.24) is 0 Å². The summed E-state index contributed by atoms with van der Waals surface area (Å²) in [4.78, 5) is 18.2. The van der Waals surface area contributed by atoms with E-state index in [9.17, 15) is 0 Å². The third-order valence-corrected chi connectivity index (χ3v) is 12.0. The van der Waals surface area contributed by atoms with Crippen LogP contribution in [0.4, 0.5) is 0 Å². The largest absolute Gasteiger partial charge is 0.549 e. The maximum atomic E-state index is 9.12. The second-order valence-corrected chi connectivity index (χ2v) is 13.3. The molecule has 2 aliphatic carbocycles. The molecule has 120 valence electrons. The minimum absolute atomic E-state index is 0.123. The fourth-order valence-corrected chi connectivity index (χ4v) is 10.9. The number of halogens is 2. The van der Waals surface area contributed by atoms with Crippen LogP contribution in [0.2, 0.25) is 6.95 Å². The maximum absolute atomic E-state index is 9.12. The van der Waals surface area contributed by atoms with E-state index in [2.05, 4.69) is 23.2 Å². The number of carbonyl (C=O) groups is 2. The summed E-state index contributed by atoms with van der Waals surface area (Å²) in [5, 5.41) is 18.2. The Balaban J connectivity index is 0.000000340. The van der Waals surface area contributed by atoms with Crippen LogP contribution < -0.4 is 10.2 Å². The van der Waals surface area contributed by atoms with Gasteiger partial charge in [0.25, 0.3) is 0 Å². The zero-order chi connectivity index (χ0) is 16.1. The fraction of sp³-hybridized carbons (Fsp3) is 0.857. The molecule has 0 radical (unpaired) electrons. The summed E-state index contributed by atoms with van der Waals surface area (Å²) in [5.74, 6) is -3.29. The average molecular weight is 532 g/mol. The van der Waals surface area contributed by atoms with Crippen molar-refractivity contribution in [2.45, 2.75) is 58.3 Å². The molecule has 0 unspecified atom stereocenters. The molecule has 21 heavy (non-hydrogen) atoms. The zero-order valence-corrected chi connectivity index (χ0v) is 17.5. The number of rotatable bonds is 4. The Labute approximate surface area is 148 Å². The smallest absolute Gasteiger partial charge is 0.0620 e. The van der Waals surface area contributed by atoms with Gasteiger partial charge in [0, 0.05) is 0 Å². The van der Waals surface area contributed by atoms with E-state index >= 15 is 0 Å². The molecule has 4 nitrogen and oxygen atoms in total. The van der Waals surface area contributed by atoms with E-state index in [-0.39, 0.29) is 24.2 Å². The Hall–Kier alpha value is 0.442. The van der Waals surface area contributed by atoms with Crippen LogP contribution in [0, 0.1) is 0 Å². The van der Waals surface area contributed by atoms with Gasteiger partial charge >= 0.3 is 82.6 Å². The van der Waals surface area contributed by atoms with Crippen LogP contribution in [0.15, 0.2) is 0 Å². The van der Waals surface area contributed by atoms with Gasteiger partial charge < -0.3 is 19.8 Å². The molecule has 0 aromatic rings. The molecule has 2 fully saturated rings. The van der Waals surface area contributed by atoms with Gasteiger partial charge in [0.2, 0.25) is 0 Å². The van der Waals surface area contributed by atoms with Gasteiger partial charge in [-0.05, 0) is 0 Å². The molecule has 0 spiro atoms. The summed E-state index contributed by atoms with van der Waals surface area (Å²) in [6.45, 7) is 0. The predicted octanol–water partition coefficient (Wildman–Crippen LogP) is 1.37. The second kappa shape index (κ2) is 14.1. The summed E-state index contributed by atoms with van der Waals surface area (Å²) in [6, 6.07) is 0. The van der Waals surface area contributed by atoms with Crippen LogP contribution in [0.1, 0.15) is 51.4 Å². The summed E-state index contributed by atoms with van der Waals surface area (Å²) >= 11 is 9.23. The van der Waals surface area contributed by atoms with E-state index < -0.39 is 23.7 Å². The van der Waals surface area contributed by atoms with Crippen LogP contribution in [-0.4, -0.2) is 47.9 Å². The van der Waals surface area contributed by atoms with Gasteiger partial charge in [-0.1, -0.05) is 0 Å². The van der Waals surface area contributed by atoms with Crippen LogP contribution in [0.25, 0.3) is 0 Å². The Bertz CT molecular complexity index is 263. The van der Waals surface area contributed by atoms with E-state index in [4.69, 9.17) is 19.8 Å². The molecule has 0 amide bonds. The normalized spacial score (nSPS) is 18.0.